The van der Waals surface area contributed by atoms with Gasteiger partial charge in [0.25, 0.3) is 0 Å². The van der Waals surface area contributed by atoms with Crippen LogP contribution in [0.3, 0.4) is 0 Å². The highest BCUT2D eigenvalue weighted by Crippen LogP contribution is 2.34. The first-order chi connectivity index (χ1) is 8.66. The first-order valence-electron chi connectivity index (χ1n) is 5.57. The van der Waals surface area contributed by atoms with Crippen molar-refractivity contribution >= 4 is 28.4 Å². The lowest BCUT2D eigenvalue weighted by Crippen LogP contribution is -1.90. The normalized spacial score (nSPS) is 11.0. The second kappa shape index (κ2) is 4.03. The van der Waals surface area contributed by atoms with E-state index in [4.69, 9.17) is 21.8 Å². The van der Waals surface area contributed by atoms with Crippen LogP contribution >= 0.6 is 11.6 Å². The first-order valence-corrected chi connectivity index (χ1v) is 5.95. The van der Waals surface area contributed by atoms with E-state index in [2.05, 4.69) is 4.98 Å². The summed E-state index contributed by atoms with van der Waals surface area (Å²) in [4.78, 5) is 4.43. The van der Waals surface area contributed by atoms with Gasteiger partial charge in [-0.3, -0.25) is 0 Å². The number of para-hydroxylation sites is 1. The van der Waals surface area contributed by atoms with Crippen molar-refractivity contribution in [3.63, 3.8) is 0 Å². The number of aromatic nitrogens is 1. The smallest absolute Gasteiger partial charge is 0.230 e. The summed E-state index contributed by atoms with van der Waals surface area (Å²) in [5.41, 5.74) is 9.76. The Kier molecular flexibility index (Phi) is 2.49. The molecule has 18 heavy (non-hydrogen) atoms. The number of nitrogens with zero attached hydrogens (tertiary/aromatic N) is 1. The molecular formula is C14H11ClN2O. The van der Waals surface area contributed by atoms with Crippen LogP contribution in [0, 0.1) is 6.92 Å². The fraction of sp³-hybridized carbons (Fsp3) is 0.0714. The van der Waals surface area contributed by atoms with Gasteiger partial charge < -0.3 is 10.2 Å². The Bertz CT molecular complexity index is 713. The van der Waals surface area contributed by atoms with Crippen LogP contribution in [0.5, 0.6) is 0 Å². The largest absolute Gasteiger partial charge is 0.436 e. The summed E-state index contributed by atoms with van der Waals surface area (Å²) in [6, 6.07) is 11.2. The third-order valence-corrected chi connectivity index (χ3v) is 3.19. The van der Waals surface area contributed by atoms with Crippen molar-refractivity contribution < 1.29 is 4.42 Å². The molecular weight excluding hydrogens is 248 g/mol. The summed E-state index contributed by atoms with van der Waals surface area (Å²) < 4.78 is 5.77. The van der Waals surface area contributed by atoms with Crippen LogP contribution in [0.25, 0.3) is 22.6 Å². The van der Waals surface area contributed by atoms with E-state index >= 15 is 0 Å². The molecule has 0 bridgehead atoms. The number of benzene rings is 2. The molecule has 0 unspecified atom stereocenters. The van der Waals surface area contributed by atoms with Crippen LogP contribution in [-0.2, 0) is 0 Å². The molecule has 0 aliphatic rings. The van der Waals surface area contributed by atoms with E-state index in [-0.39, 0.29) is 0 Å². The van der Waals surface area contributed by atoms with Gasteiger partial charge in [-0.2, -0.15) is 0 Å². The molecule has 1 heterocycles. The molecule has 0 atom stereocenters. The van der Waals surface area contributed by atoms with Gasteiger partial charge >= 0.3 is 0 Å². The van der Waals surface area contributed by atoms with Gasteiger partial charge in [-0.05, 0) is 30.7 Å². The minimum Gasteiger partial charge on any atom is -0.436 e. The molecule has 2 aromatic carbocycles. The fourth-order valence-corrected chi connectivity index (χ4v) is 2.22. The second-order valence-corrected chi connectivity index (χ2v) is 4.55. The minimum atomic E-state index is 0.461. The molecule has 0 saturated carbocycles. The molecule has 0 amide bonds. The topological polar surface area (TPSA) is 52.0 Å². The SMILES string of the molecule is Cc1cccc2nc(-c3c(N)cccc3Cl)oc12. The zero-order valence-electron chi connectivity index (χ0n) is 9.77. The summed E-state index contributed by atoms with van der Waals surface area (Å²) in [5.74, 6) is 0.461. The molecule has 3 aromatic rings. The lowest BCUT2D eigenvalue weighted by Gasteiger charge is -2.02. The average Bonchev–Trinajstić information content (AvgIpc) is 2.74. The molecule has 0 spiro atoms. The standard InChI is InChI=1S/C14H11ClN2O/c1-8-4-2-7-11-13(8)18-14(17-11)12-9(15)5-3-6-10(12)16/h2-7H,16H2,1H3. The summed E-state index contributed by atoms with van der Waals surface area (Å²) in [6.45, 7) is 1.98. The molecule has 3 rings (SSSR count). The van der Waals surface area contributed by atoms with Gasteiger partial charge in [-0.1, -0.05) is 29.8 Å². The summed E-state index contributed by atoms with van der Waals surface area (Å²) in [7, 11) is 0. The summed E-state index contributed by atoms with van der Waals surface area (Å²) in [5, 5.41) is 0.541. The van der Waals surface area contributed by atoms with Gasteiger partial charge in [0, 0.05) is 5.69 Å². The van der Waals surface area contributed by atoms with Crippen molar-refractivity contribution in [2.75, 3.05) is 5.73 Å². The molecule has 90 valence electrons. The molecule has 0 fully saturated rings. The second-order valence-electron chi connectivity index (χ2n) is 4.15. The number of nitrogen functional groups attached to an aromatic ring is 1. The molecule has 2 N–H and O–H groups in total. The monoisotopic (exact) mass is 258 g/mol. The maximum Gasteiger partial charge on any atom is 0.230 e. The molecule has 0 radical (unpaired) electrons. The summed E-state index contributed by atoms with van der Waals surface area (Å²) in [6.07, 6.45) is 0. The third kappa shape index (κ3) is 1.64. The van der Waals surface area contributed by atoms with E-state index in [0.29, 0.717) is 22.2 Å². The predicted octanol–water partition coefficient (Wildman–Crippen LogP) is 4.04. The van der Waals surface area contributed by atoms with Crippen LogP contribution in [0.1, 0.15) is 5.56 Å². The number of oxazole rings is 1. The van der Waals surface area contributed by atoms with Crippen LogP contribution in [-0.4, -0.2) is 4.98 Å². The van der Waals surface area contributed by atoms with Crippen molar-refractivity contribution in [1.29, 1.82) is 0 Å². The average molecular weight is 259 g/mol. The maximum absolute atomic E-state index is 6.15. The zero-order chi connectivity index (χ0) is 12.7. The van der Waals surface area contributed by atoms with Crippen LogP contribution in [0.15, 0.2) is 40.8 Å². The summed E-state index contributed by atoms with van der Waals surface area (Å²) >= 11 is 6.15. The minimum absolute atomic E-state index is 0.461. The van der Waals surface area contributed by atoms with E-state index in [1.807, 2.05) is 25.1 Å². The number of anilines is 1. The number of rotatable bonds is 1. The molecule has 1 aromatic heterocycles. The van der Waals surface area contributed by atoms with Crippen molar-refractivity contribution in [2.45, 2.75) is 6.92 Å². The fourth-order valence-electron chi connectivity index (χ4n) is 1.96. The maximum atomic E-state index is 6.15. The molecule has 0 saturated heterocycles. The number of fused-ring (bicyclic) bond motifs is 1. The van der Waals surface area contributed by atoms with Crippen LogP contribution in [0.4, 0.5) is 5.69 Å². The van der Waals surface area contributed by atoms with Crippen molar-refractivity contribution in [3.8, 4) is 11.5 Å². The van der Waals surface area contributed by atoms with E-state index in [1.54, 1.807) is 18.2 Å². The molecule has 4 heteroatoms. The van der Waals surface area contributed by atoms with E-state index in [0.717, 1.165) is 16.7 Å². The number of hydrogen-bond donors (Lipinski definition) is 1. The van der Waals surface area contributed by atoms with Gasteiger partial charge in [0.2, 0.25) is 5.89 Å². The Hall–Kier alpha value is -2.00. The third-order valence-electron chi connectivity index (χ3n) is 2.87. The van der Waals surface area contributed by atoms with Gasteiger partial charge in [-0.25, -0.2) is 4.98 Å². The Morgan fingerprint density at radius 3 is 2.67 bits per heavy atom. The first kappa shape index (κ1) is 11.1. The van der Waals surface area contributed by atoms with Crippen LogP contribution < -0.4 is 5.73 Å². The Balaban J connectivity index is 2.30. The molecule has 0 aliphatic heterocycles. The van der Waals surface area contributed by atoms with E-state index < -0.39 is 0 Å². The van der Waals surface area contributed by atoms with Gasteiger partial charge in [0.15, 0.2) is 5.58 Å². The Morgan fingerprint density at radius 1 is 1.17 bits per heavy atom. The lowest BCUT2D eigenvalue weighted by molar-refractivity contribution is 0.618. The quantitative estimate of drug-likeness (QED) is 0.670. The van der Waals surface area contributed by atoms with Crippen molar-refractivity contribution in [2.24, 2.45) is 0 Å². The number of nitrogens with two attached hydrogens (primary N) is 1. The molecule has 0 aliphatic carbocycles. The van der Waals surface area contributed by atoms with E-state index in [9.17, 15) is 0 Å². The zero-order valence-corrected chi connectivity index (χ0v) is 10.5. The van der Waals surface area contributed by atoms with Gasteiger partial charge in [-0.15, -0.1) is 0 Å². The number of aryl methyl sites for hydroxylation is 1. The predicted molar refractivity (Wildman–Crippen MR) is 73.6 cm³/mol. The van der Waals surface area contributed by atoms with Crippen molar-refractivity contribution in [3.05, 3.63) is 47.0 Å². The highest BCUT2D eigenvalue weighted by molar-refractivity contribution is 6.33. The highest BCUT2D eigenvalue weighted by Gasteiger charge is 2.15. The van der Waals surface area contributed by atoms with E-state index in [1.165, 1.54) is 0 Å². The van der Waals surface area contributed by atoms with Gasteiger partial charge in [0.05, 0.1) is 10.6 Å². The number of hydrogen-bond acceptors (Lipinski definition) is 3. The lowest BCUT2D eigenvalue weighted by atomic mass is 10.2. The Morgan fingerprint density at radius 2 is 1.94 bits per heavy atom. The number of halogens is 1. The Labute approximate surface area is 109 Å². The van der Waals surface area contributed by atoms with Crippen LogP contribution in [0.2, 0.25) is 5.02 Å². The molecule has 3 nitrogen and oxygen atoms in total. The highest BCUT2D eigenvalue weighted by atomic mass is 35.5. The van der Waals surface area contributed by atoms with Crippen molar-refractivity contribution in [1.82, 2.24) is 4.98 Å². The van der Waals surface area contributed by atoms with Gasteiger partial charge in [0.1, 0.15) is 5.52 Å².